The molecule has 0 aliphatic carbocycles. The summed E-state index contributed by atoms with van der Waals surface area (Å²) in [7, 11) is 0. The van der Waals surface area contributed by atoms with Crippen LogP contribution in [-0.4, -0.2) is 33.7 Å². The molecular weight excluding hydrogens is 192 g/mol. The Balaban J connectivity index is 1.68. The van der Waals surface area contributed by atoms with E-state index in [2.05, 4.69) is 22.0 Å². The number of hydrogen-bond donors (Lipinski definition) is 1. The predicted molar refractivity (Wildman–Crippen MR) is 56.7 cm³/mol. The highest BCUT2D eigenvalue weighted by molar-refractivity contribution is 4.74. The van der Waals surface area contributed by atoms with Gasteiger partial charge in [0.2, 0.25) is 0 Å². The average Bonchev–Trinajstić information content (AvgIpc) is 2.74. The van der Waals surface area contributed by atoms with E-state index in [4.69, 9.17) is 4.94 Å². The van der Waals surface area contributed by atoms with Gasteiger partial charge in [-0.2, -0.15) is 10.5 Å². The van der Waals surface area contributed by atoms with Crippen LogP contribution in [0.25, 0.3) is 0 Å². The van der Waals surface area contributed by atoms with Gasteiger partial charge in [-0.25, -0.2) is 9.92 Å². The van der Waals surface area contributed by atoms with E-state index in [0.717, 1.165) is 32.5 Å². The van der Waals surface area contributed by atoms with Gasteiger partial charge in [0.05, 0.1) is 6.33 Å². The molecule has 5 nitrogen and oxygen atoms in total. The maximum absolute atomic E-state index is 5.37. The molecule has 2 rings (SSSR count). The number of hydrogen-bond acceptors (Lipinski definition) is 4. The van der Waals surface area contributed by atoms with Crippen LogP contribution in [-0.2, 0) is 11.5 Å². The molecule has 1 saturated heterocycles. The van der Waals surface area contributed by atoms with Crippen molar-refractivity contribution in [2.45, 2.75) is 32.4 Å². The molecule has 0 bridgehead atoms. The quantitative estimate of drug-likeness (QED) is 0.798. The smallest absolute Gasteiger partial charge is 0.0945 e. The summed E-state index contributed by atoms with van der Waals surface area (Å²) in [5.74, 6) is 0. The predicted octanol–water partition coefficient (Wildman–Crippen LogP) is 0.804. The van der Waals surface area contributed by atoms with E-state index in [9.17, 15) is 0 Å². The summed E-state index contributed by atoms with van der Waals surface area (Å²) < 4.78 is 2.09. The molecule has 1 fully saturated rings. The fraction of sp³-hybridized carbons (Fsp3) is 0.700. The number of imidazole rings is 1. The van der Waals surface area contributed by atoms with Crippen LogP contribution in [0, 0.1) is 0 Å². The molecule has 5 heteroatoms. The van der Waals surface area contributed by atoms with Crippen molar-refractivity contribution in [3.05, 3.63) is 18.7 Å². The molecular formula is C10H18N4O. The van der Waals surface area contributed by atoms with E-state index in [1.54, 1.807) is 0 Å². The third-order valence-corrected chi connectivity index (χ3v) is 2.69. The van der Waals surface area contributed by atoms with Gasteiger partial charge in [0.15, 0.2) is 0 Å². The average molecular weight is 210 g/mol. The Morgan fingerprint density at radius 2 is 2.47 bits per heavy atom. The Morgan fingerprint density at radius 3 is 3.20 bits per heavy atom. The number of hydroxylamine groups is 3. The Kier molecular flexibility index (Phi) is 3.71. The third-order valence-electron chi connectivity index (χ3n) is 2.69. The van der Waals surface area contributed by atoms with Crippen LogP contribution in [0.15, 0.2) is 18.7 Å². The van der Waals surface area contributed by atoms with Crippen LogP contribution < -0.4 is 5.48 Å². The van der Waals surface area contributed by atoms with Gasteiger partial charge < -0.3 is 4.57 Å². The number of rotatable bonds is 4. The normalized spacial score (nSPS) is 23.1. The number of nitrogens with zero attached hydrogens (tertiary/aromatic N) is 3. The molecule has 1 aromatic heterocycles. The van der Waals surface area contributed by atoms with Crippen molar-refractivity contribution in [1.29, 1.82) is 0 Å². The second kappa shape index (κ2) is 5.25. The molecule has 1 aliphatic rings. The SMILES string of the molecule is CC1CCNON1CCCn1ccnc1. The Hall–Kier alpha value is -0.910. The number of nitrogens with one attached hydrogen (secondary N) is 1. The molecule has 15 heavy (non-hydrogen) atoms. The summed E-state index contributed by atoms with van der Waals surface area (Å²) in [5, 5.41) is 2.01. The molecule has 1 atom stereocenters. The van der Waals surface area contributed by atoms with Crippen LogP contribution in [0.3, 0.4) is 0 Å². The number of aromatic nitrogens is 2. The second-order valence-corrected chi connectivity index (χ2v) is 3.92. The van der Waals surface area contributed by atoms with Gasteiger partial charge in [-0.15, -0.1) is 0 Å². The highest BCUT2D eigenvalue weighted by Gasteiger charge is 2.18. The number of aryl methyl sites for hydroxylation is 1. The minimum absolute atomic E-state index is 0.508. The standard InChI is InChI=1S/C10H18N4O/c1-10-3-4-12-15-14(10)7-2-6-13-8-5-11-9-13/h5,8-10,12H,2-4,6-7H2,1H3. The topological polar surface area (TPSA) is 42.3 Å². The van der Waals surface area contributed by atoms with Gasteiger partial charge in [-0.3, -0.25) is 0 Å². The zero-order chi connectivity index (χ0) is 10.5. The molecule has 2 heterocycles. The lowest BCUT2D eigenvalue weighted by molar-refractivity contribution is -0.253. The van der Waals surface area contributed by atoms with Crippen LogP contribution in [0.1, 0.15) is 19.8 Å². The first-order valence-electron chi connectivity index (χ1n) is 5.48. The summed E-state index contributed by atoms with van der Waals surface area (Å²) in [6.07, 6.45) is 7.85. The van der Waals surface area contributed by atoms with Gasteiger partial charge in [0.1, 0.15) is 0 Å². The minimum Gasteiger partial charge on any atom is -0.337 e. The molecule has 0 amide bonds. The Morgan fingerprint density at radius 1 is 1.53 bits per heavy atom. The lowest BCUT2D eigenvalue weighted by Gasteiger charge is -2.31. The van der Waals surface area contributed by atoms with Gasteiger partial charge in [-0.05, 0) is 19.8 Å². The Labute approximate surface area is 90.0 Å². The lowest BCUT2D eigenvalue weighted by Crippen LogP contribution is -2.45. The van der Waals surface area contributed by atoms with Crippen LogP contribution in [0.2, 0.25) is 0 Å². The zero-order valence-corrected chi connectivity index (χ0v) is 9.09. The summed E-state index contributed by atoms with van der Waals surface area (Å²) in [4.78, 5) is 9.38. The first kappa shape index (κ1) is 10.6. The van der Waals surface area contributed by atoms with Crippen LogP contribution >= 0.6 is 0 Å². The fourth-order valence-electron chi connectivity index (χ4n) is 1.72. The molecule has 1 aliphatic heterocycles. The van der Waals surface area contributed by atoms with Crippen molar-refractivity contribution in [2.75, 3.05) is 13.1 Å². The summed E-state index contributed by atoms with van der Waals surface area (Å²) in [6.45, 7) is 5.08. The summed E-state index contributed by atoms with van der Waals surface area (Å²) in [6, 6.07) is 0.508. The zero-order valence-electron chi connectivity index (χ0n) is 9.09. The van der Waals surface area contributed by atoms with E-state index in [-0.39, 0.29) is 0 Å². The van der Waals surface area contributed by atoms with Crippen molar-refractivity contribution in [2.24, 2.45) is 0 Å². The van der Waals surface area contributed by atoms with Gasteiger partial charge in [0, 0.05) is 38.1 Å². The van der Waals surface area contributed by atoms with E-state index in [1.807, 2.05) is 23.8 Å². The van der Waals surface area contributed by atoms with E-state index in [0.29, 0.717) is 6.04 Å². The van der Waals surface area contributed by atoms with E-state index in [1.165, 1.54) is 0 Å². The van der Waals surface area contributed by atoms with Crippen LogP contribution in [0.4, 0.5) is 0 Å². The maximum atomic E-state index is 5.37. The lowest BCUT2D eigenvalue weighted by atomic mass is 10.2. The largest absolute Gasteiger partial charge is 0.337 e. The second-order valence-electron chi connectivity index (χ2n) is 3.92. The third kappa shape index (κ3) is 3.02. The monoisotopic (exact) mass is 210 g/mol. The molecule has 84 valence electrons. The van der Waals surface area contributed by atoms with Crippen molar-refractivity contribution < 1.29 is 4.94 Å². The van der Waals surface area contributed by atoms with E-state index < -0.39 is 0 Å². The molecule has 0 radical (unpaired) electrons. The first-order valence-corrected chi connectivity index (χ1v) is 5.48. The summed E-state index contributed by atoms with van der Waals surface area (Å²) >= 11 is 0. The van der Waals surface area contributed by atoms with Crippen molar-refractivity contribution >= 4 is 0 Å². The maximum Gasteiger partial charge on any atom is 0.0945 e. The first-order chi connectivity index (χ1) is 7.36. The molecule has 1 N–H and O–H groups in total. The van der Waals surface area contributed by atoms with Crippen LogP contribution in [0.5, 0.6) is 0 Å². The van der Waals surface area contributed by atoms with Gasteiger partial charge in [-0.1, -0.05) is 0 Å². The molecule has 0 saturated carbocycles. The van der Waals surface area contributed by atoms with E-state index >= 15 is 0 Å². The Bertz CT molecular complexity index is 275. The molecule has 0 spiro atoms. The van der Waals surface area contributed by atoms with Crippen molar-refractivity contribution in [3.63, 3.8) is 0 Å². The summed E-state index contributed by atoms with van der Waals surface area (Å²) in [5.41, 5.74) is 2.92. The highest BCUT2D eigenvalue weighted by Crippen LogP contribution is 2.08. The fourth-order valence-corrected chi connectivity index (χ4v) is 1.72. The highest BCUT2D eigenvalue weighted by atomic mass is 16.8. The van der Waals surface area contributed by atoms with Crippen molar-refractivity contribution in [3.8, 4) is 0 Å². The molecule has 1 aromatic rings. The minimum atomic E-state index is 0.508. The van der Waals surface area contributed by atoms with Crippen molar-refractivity contribution in [1.82, 2.24) is 20.1 Å². The van der Waals surface area contributed by atoms with Gasteiger partial charge >= 0.3 is 0 Å². The van der Waals surface area contributed by atoms with Gasteiger partial charge in [0.25, 0.3) is 0 Å². The molecule has 1 unspecified atom stereocenters. The molecule has 0 aromatic carbocycles.